The van der Waals surface area contributed by atoms with Crippen molar-refractivity contribution in [2.75, 3.05) is 17.2 Å². The number of rotatable bonds is 4. The third-order valence-corrected chi connectivity index (χ3v) is 4.28. The summed E-state index contributed by atoms with van der Waals surface area (Å²) in [7, 11) is 0. The van der Waals surface area contributed by atoms with E-state index < -0.39 is 0 Å². The second-order valence-corrected chi connectivity index (χ2v) is 5.94. The second kappa shape index (κ2) is 6.96. The Morgan fingerprint density at radius 1 is 1.24 bits per heavy atom. The lowest BCUT2D eigenvalue weighted by molar-refractivity contribution is 0.0987. The molecular formula is C16H16BrClN2O. The summed E-state index contributed by atoms with van der Waals surface area (Å²) in [5.74, 6) is -0.0565. The molecule has 1 amide bonds. The molecule has 2 rings (SSSR count). The van der Waals surface area contributed by atoms with Gasteiger partial charge in [0.1, 0.15) is 0 Å². The molecule has 0 saturated heterocycles. The van der Waals surface area contributed by atoms with E-state index in [0.717, 1.165) is 12.1 Å². The van der Waals surface area contributed by atoms with Gasteiger partial charge < -0.3 is 10.6 Å². The molecule has 0 radical (unpaired) electrons. The zero-order valence-corrected chi connectivity index (χ0v) is 14.0. The maximum Gasteiger partial charge on any atom is 0.258 e. The van der Waals surface area contributed by atoms with Crippen molar-refractivity contribution in [2.45, 2.75) is 13.3 Å². The average Bonchev–Trinajstić information content (AvgIpc) is 2.48. The zero-order chi connectivity index (χ0) is 15.4. The SMILES string of the molecule is CCCN(C(=O)c1ccc(Cl)c(Br)c1)c1ccc(N)cc1. The van der Waals surface area contributed by atoms with Crippen LogP contribution < -0.4 is 10.6 Å². The molecule has 0 saturated carbocycles. The van der Waals surface area contributed by atoms with Crippen LogP contribution in [0.1, 0.15) is 23.7 Å². The zero-order valence-electron chi connectivity index (χ0n) is 11.6. The van der Waals surface area contributed by atoms with Crippen LogP contribution in [-0.2, 0) is 0 Å². The predicted octanol–water partition coefficient (Wildman–Crippen LogP) is 4.74. The van der Waals surface area contributed by atoms with Gasteiger partial charge in [-0.05, 0) is 64.8 Å². The Morgan fingerprint density at radius 3 is 2.48 bits per heavy atom. The predicted molar refractivity (Wildman–Crippen MR) is 92.0 cm³/mol. The van der Waals surface area contributed by atoms with Gasteiger partial charge in [0.2, 0.25) is 0 Å². The van der Waals surface area contributed by atoms with E-state index in [9.17, 15) is 4.79 Å². The number of halogens is 2. The van der Waals surface area contributed by atoms with Gasteiger partial charge in [0.25, 0.3) is 5.91 Å². The largest absolute Gasteiger partial charge is 0.399 e. The highest BCUT2D eigenvalue weighted by Gasteiger charge is 2.17. The van der Waals surface area contributed by atoms with Gasteiger partial charge in [0.15, 0.2) is 0 Å². The standard InChI is InChI=1S/C16H16BrClN2O/c1-2-9-20(13-6-4-12(19)5-7-13)16(21)11-3-8-15(18)14(17)10-11/h3-8,10H,2,9,19H2,1H3. The number of amides is 1. The van der Waals surface area contributed by atoms with Gasteiger partial charge in [-0.3, -0.25) is 4.79 Å². The monoisotopic (exact) mass is 366 g/mol. The molecule has 0 aliphatic heterocycles. The lowest BCUT2D eigenvalue weighted by Crippen LogP contribution is -2.31. The highest BCUT2D eigenvalue weighted by atomic mass is 79.9. The van der Waals surface area contributed by atoms with Gasteiger partial charge in [-0.25, -0.2) is 0 Å². The number of nitrogens with zero attached hydrogens (tertiary/aromatic N) is 1. The van der Waals surface area contributed by atoms with E-state index in [4.69, 9.17) is 17.3 Å². The Balaban J connectivity index is 2.34. The molecule has 0 atom stereocenters. The molecule has 0 unspecified atom stereocenters. The molecule has 2 aromatic carbocycles. The lowest BCUT2D eigenvalue weighted by Gasteiger charge is -2.22. The fraction of sp³-hybridized carbons (Fsp3) is 0.188. The number of nitrogens with two attached hydrogens (primary N) is 1. The molecular weight excluding hydrogens is 352 g/mol. The summed E-state index contributed by atoms with van der Waals surface area (Å²) < 4.78 is 0.712. The quantitative estimate of drug-likeness (QED) is 0.793. The molecule has 3 nitrogen and oxygen atoms in total. The van der Waals surface area contributed by atoms with Crippen LogP contribution >= 0.6 is 27.5 Å². The van der Waals surface area contributed by atoms with Crippen LogP contribution in [-0.4, -0.2) is 12.5 Å². The van der Waals surface area contributed by atoms with Gasteiger partial charge >= 0.3 is 0 Å². The molecule has 0 spiro atoms. The molecule has 2 aromatic rings. The summed E-state index contributed by atoms with van der Waals surface area (Å²) in [6.45, 7) is 2.68. The van der Waals surface area contributed by atoms with E-state index in [1.54, 1.807) is 35.2 Å². The van der Waals surface area contributed by atoms with E-state index in [1.165, 1.54) is 0 Å². The average molecular weight is 368 g/mol. The van der Waals surface area contributed by atoms with Gasteiger partial charge in [0.05, 0.1) is 5.02 Å². The van der Waals surface area contributed by atoms with Crippen LogP contribution in [0, 0.1) is 0 Å². The Hall–Kier alpha value is -1.52. The van der Waals surface area contributed by atoms with Gasteiger partial charge in [-0.15, -0.1) is 0 Å². The van der Waals surface area contributed by atoms with Crippen LogP contribution in [0.15, 0.2) is 46.9 Å². The van der Waals surface area contributed by atoms with E-state index in [0.29, 0.717) is 27.3 Å². The van der Waals surface area contributed by atoms with Crippen molar-refractivity contribution in [3.05, 3.63) is 57.5 Å². The number of nitrogen functional groups attached to an aromatic ring is 1. The summed E-state index contributed by atoms with van der Waals surface area (Å²) in [5.41, 5.74) is 7.81. The number of benzene rings is 2. The third kappa shape index (κ3) is 3.77. The molecule has 0 aliphatic rings. The number of carbonyl (C=O) groups excluding carboxylic acids is 1. The van der Waals surface area contributed by atoms with E-state index in [-0.39, 0.29) is 5.91 Å². The molecule has 0 bridgehead atoms. The van der Waals surface area contributed by atoms with Crippen molar-refractivity contribution in [3.8, 4) is 0 Å². The normalized spacial score (nSPS) is 10.4. The van der Waals surface area contributed by atoms with Crippen LogP contribution in [0.3, 0.4) is 0 Å². The van der Waals surface area contributed by atoms with Gasteiger partial charge in [0, 0.05) is 28.0 Å². The molecule has 0 heterocycles. The number of carbonyl (C=O) groups is 1. The summed E-state index contributed by atoms with van der Waals surface area (Å²) in [6, 6.07) is 12.5. The first-order chi connectivity index (χ1) is 10.0. The minimum atomic E-state index is -0.0565. The highest BCUT2D eigenvalue weighted by molar-refractivity contribution is 9.10. The molecule has 0 aromatic heterocycles. The fourth-order valence-electron chi connectivity index (χ4n) is 2.01. The summed E-state index contributed by atoms with van der Waals surface area (Å²) in [4.78, 5) is 14.5. The molecule has 21 heavy (non-hydrogen) atoms. The smallest absolute Gasteiger partial charge is 0.258 e. The molecule has 0 aliphatic carbocycles. The highest BCUT2D eigenvalue weighted by Crippen LogP contribution is 2.25. The second-order valence-electron chi connectivity index (χ2n) is 4.68. The van der Waals surface area contributed by atoms with Crippen molar-refractivity contribution in [2.24, 2.45) is 0 Å². The van der Waals surface area contributed by atoms with Gasteiger partial charge in [-0.2, -0.15) is 0 Å². The molecule has 2 N–H and O–H groups in total. The topological polar surface area (TPSA) is 46.3 Å². The van der Waals surface area contributed by atoms with Crippen LogP contribution in [0.5, 0.6) is 0 Å². The number of hydrogen-bond donors (Lipinski definition) is 1. The van der Waals surface area contributed by atoms with Crippen molar-refractivity contribution in [1.82, 2.24) is 0 Å². The molecule has 110 valence electrons. The third-order valence-electron chi connectivity index (χ3n) is 3.06. The number of hydrogen-bond acceptors (Lipinski definition) is 2. The van der Waals surface area contributed by atoms with E-state index >= 15 is 0 Å². The lowest BCUT2D eigenvalue weighted by atomic mass is 10.1. The maximum absolute atomic E-state index is 12.7. The van der Waals surface area contributed by atoms with Crippen molar-refractivity contribution < 1.29 is 4.79 Å². The summed E-state index contributed by atoms with van der Waals surface area (Å²) >= 11 is 9.32. The van der Waals surface area contributed by atoms with E-state index in [2.05, 4.69) is 15.9 Å². The molecule has 5 heteroatoms. The van der Waals surface area contributed by atoms with Gasteiger partial charge in [-0.1, -0.05) is 18.5 Å². The first kappa shape index (κ1) is 15.9. The van der Waals surface area contributed by atoms with Crippen LogP contribution in [0.25, 0.3) is 0 Å². The Morgan fingerprint density at radius 2 is 1.90 bits per heavy atom. The van der Waals surface area contributed by atoms with Crippen molar-refractivity contribution in [1.29, 1.82) is 0 Å². The first-order valence-electron chi connectivity index (χ1n) is 6.65. The summed E-state index contributed by atoms with van der Waals surface area (Å²) in [5, 5.41) is 0.584. The molecule has 0 fully saturated rings. The minimum absolute atomic E-state index is 0.0565. The van der Waals surface area contributed by atoms with E-state index in [1.807, 2.05) is 19.1 Å². The Labute approximate surface area is 137 Å². The summed E-state index contributed by atoms with van der Waals surface area (Å²) in [6.07, 6.45) is 0.866. The van der Waals surface area contributed by atoms with Crippen LogP contribution in [0.2, 0.25) is 5.02 Å². The number of anilines is 2. The minimum Gasteiger partial charge on any atom is -0.399 e. The van der Waals surface area contributed by atoms with Crippen molar-refractivity contribution in [3.63, 3.8) is 0 Å². The maximum atomic E-state index is 12.7. The Kier molecular flexibility index (Phi) is 5.26. The van der Waals surface area contributed by atoms with Crippen molar-refractivity contribution >= 4 is 44.8 Å². The Bertz CT molecular complexity index is 643. The van der Waals surface area contributed by atoms with Crippen LogP contribution in [0.4, 0.5) is 11.4 Å². The fourth-order valence-corrected chi connectivity index (χ4v) is 2.51. The first-order valence-corrected chi connectivity index (χ1v) is 7.82.